The molecular weight excluding hydrogens is 530 g/mol. The minimum absolute atomic E-state index is 0.0963. The van der Waals surface area contributed by atoms with Gasteiger partial charge in [-0.05, 0) is 17.3 Å². The normalized spacial score (nSPS) is 22.2. The molecule has 0 spiro atoms. The number of tetrazole rings is 1. The van der Waals surface area contributed by atoms with Crippen LogP contribution in [-0.4, -0.2) is 80.1 Å². The van der Waals surface area contributed by atoms with Crippen LogP contribution in [0.25, 0.3) is 10.9 Å². The Kier molecular flexibility index (Phi) is 8.83. The predicted octanol–water partition coefficient (Wildman–Crippen LogP) is 1.06. The molecule has 15 nitrogen and oxygen atoms in total. The minimum Gasteiger partial charge on any atom is -0.483 e. The molecule has 4 rings (SSSR count). The highest BCUT2D eigenvalue weighted by Crippen LogP contribution is 2.34. The fourth-order valence-corrected chi connectivity index (χ4v) is 4.15. The number of nitrogens with zero attached hydrogens (tertiary/aromatic N) is 5. The van der Waals surface area contributed by atoms with Crippen LogP contribution >= 0.6 is 0 Å². The van der Waals surface area contributed by atoms with E-state index in [9.17, 15) is 19.2 Å². The highest BCUT2D eigenvalue weighted by molar-refractivity contribution is 5.84. The zero-order chi connectivity index (χ0) is 28.8. The molecule has 5 atom stereocenters. The second kappa shape index (κ2) is 12.5. The summed E-state index contributed by atoms with van der Waals surface area (Å²) in [5.41, 5.74) is 0.650. The van der Waals surface area contributed by atoms with Crippen molar-refractivity contribution in [2.24, 2.45) is 0 Å². The summed E-state index contributed by atoms with van der Waals surface area (Å²) in [5.74, 6) is -2.23. The van der Waals surface area contributed by atoms with Gasteiger partial charge in [-0.2, -0.15) is 0 Å². The van der Waals surface area contributed by atoms with Gasteiger partial charge in [0.05, 0.1) is 0 Å². The Labute approximate surface area is 227 Å². The molecule has 0 saturated carbocycles. The molecule has 15 heteroatoms. The summed E-state index contributed by atoms with van der Waals surface area (Å²) in [6, 6.07) is 9.18. The molecule has 1 aliphatic rings. The first-order valence-electron chi connectivity index (χ1n) is 12.2. The van der Waals surface area contributed by atoms with Crippen LogP contribution < -0.4 is 4.74 Å². The average Bonchev–Trinajstić information content (AvgIpc) is 3.36. The number of carbonyl (C=O) groups excluding carboxylic acids is 4. The van der Waals surface area contributed by atoms with Crippen LogP contribution in [0.2, 0.25) is 0 Å². The summed E-state index contributed by atoms with van der Waals surface area (Å²) in [6.07, 6.45) is -4.86. The van der Waals surface area contributed by atoms with Crippen LogP contribution in [0.4, 0.5) is 0 Å². The maximum Gasteiger partial charge on any atom is 0.303 e. The Hall–Kier alpha value is -4.66. The molecule has 0 radical (unpaired) electrons. The second-order valence-corrected chi connectivity index (χ2v) is 8.74. The molecule has 1 aliphatic heterocycles. The molecule has 0 bridgehead atoms. The first-order valence-corrected chi connectivity index (χ1v) is 12.2. The van der Waals surface area contributed by atoms with Crippen molar-refractivity contribution in [1.29, 1.82) is 0 Å². The van der Waals surface area contributed by atoms with Gasteiger partial charge >= 0.3 is 23.9 Å². The van der Waals surface area contributed by atoms with E-state index >= 15 is 0 Å². The maximum absolute atomic E-state index is 12.0. The number of ether oxygens (including phenoxy) is 6. The molecule has 1 fully saturated rings. The number of rotatable bonds is 9. The summed E-state index contributed by atoms with van der Waals surface area (Å²) in [6.45, 7) is 4.11. The van der Waals surface area contributed by atoms with Gasteiger partial charge in [0.1, 0.15) is 24.0 Å². The van der Waals surface area contributed by atoms with Gasteiger partial charge in [-0.25, -0.2) is 0 Å². The fraction of sp³-hybridized carbons (Fsp3) is 0.440. The van der Waals surface area contributed by atoms with E-state index in [1.54, 1.807) is 12.3 Å². The molecule has 212 valence electrons. The van der Waals surface area contributed by atoms with Crippen LogP contribution in [0.15, 0.2) is 36.5 Å². The summed E-state index contributed by atoms with van der Waals surface area (Å²) in [4.78, 5) is 52.8. The monoisotopic (exact) mass is 557 g/mol. The third-order valence-electron chi connectivity index (χ3n) is 5.62. The third-order valence-corrected chi connectivity index (χ3v) is 5.62. The average molecular weight is 558 g/mol. The largest absolute Gasteiger partial charge is 0.483 e. The number of hydrogen-bond acceptors (Lipinski definition) is 14. The summed E-state index contributed by atoms with van der Waals surface area (Å²) in [5, 5.41) is 13.2. The lowest BCUT2D eigenvalue weighted by molar-refractivity contribution is -0.272. The SMILES string of the molecule is CC(=O)OC[C@H]1O[C@@H](n2nnc(COc3cccc4cccnc34)n2)[C@H](OC(C)=O)[C@@H](OC(C)=O)[C@H]1OC(C)=O. The number of para-hydroxylation sites is 1. The van der Waals surface area contributed by atoms with Gasteiger partial charge in [0.2, 0.25) is 12.1 Å². The van der Waals surface area contributed by atoms with Gasteiger partial charge < -0.3 is 28.4 Å². The lowest BCUT2D eigenvalue weighted by Gasteiger charge is -2.43. The standard InChI is InChI=1S/C25H27N5O10/c1-13(31)35-11-19-22(37-14(2)32)23(38-15(3)33)24(39-16(4)34)25(40-19)30-28-20(27-29-30)12-36-18-9-5-7-17-8-6-10-26-21(17)18/h5-10,19,22-25H,11-12H2,1-4H3/t19-,22+,23+,24-,25-/m1/s1. The Balaban J connectivity index is 1.63. The summed E-state index contributed by atoms with van der Waals surface area (Å²) in [7, 11) is 0. The number of benzene rings is 1. The third kappa shape index (κ3) is 6.85. The van der Waals surface area contributed by atoms with Crippen molar-refractivity contribution in [3.05, 3.63) is 42.4 Å². The topological polar surface area (TPSA) is 180 Å². The second-order valence-electron chi connectivity index (χ2n) is 8.74. The highest BCUT2D eigenvalue weighted by atomic mass is 16.7. The molecule has 3 aromatic rings. The van der Waals surface area contributed by atoms with Crippen molar-refractivity contribution >= 4 is 34.8 Å². The Morgan fingerprint density at radius 1 is 0.875 bits per heavy atom. The zero-order valence-corrected chi connectivity index (χ0v) is 22.1. The highest BCUT2D eigenvalue weighted by Gasteiger charge is 2.53. The molecule has 3 heterocycles. The smallest absolute Gasteiger partial charge is 0.303 e. The van der Waals surface area contributed by atoms with Crippen LogP contribution in [0.5, 0.6) is 5.75 Å². The number of hydrogen-bond donors (Lipinski definition) is 0. The van der Waals surface area contributed by atoms with E-state index in [0.29, 0.717) is 11.3 Å². The van der Waals surface area contributed by atoms with Gasteiger partial charge in [-0.15, -0.1) is 15.0 Å². The number of fused-ring (bicyclic) bond motifs is 1. The van der Waals surface area contributed by atoms with Gasteiger partial charge in [0.15, 0.2) is 24.9 Å². The van der Waals surface area contributed by atoms with Crippen LogP contribution in [0.1, 0.15) is 39.7 Å². The quantitative estimate of drug-likeness (QED) is 0.269. The van der Waals surface area contributed by atoms with Crippen molar-refractivity contribution in [3.8, 4) is 5.75 Å². The first kappa shape index (κ1) is 28.4. The number of pyridine rings is 1. The Morgan fingerprint density at radius 3 is 2.25 bits per heavy atom. The van der Waals surface area contributed by atoms with E-state index in [4.69, 9.17) is 28.4 Å². The van der Waals surface area contributed by atoms with Crippen molar-refractivity contribution in [1.82, 2.24) is 25.2 Å². The van der Waals surface area contributed by atoms with E-state index in [-0.39, 0.29) is 19.0 Å². The van der Waals surface area contributed by atoms with Crippen molar-refractivity contribution in [3.63, 3.8) is 0 Å². The van der Waals surface area contributed by atoms with Crippen molar-refractivity contribution < 1.29 is 47.6 Å². The summed E-state index contributed by atoms with van der Waals surface area (Å²) >= 11 is 0. The van der Waals surface area contributed by atoms with Crippen molar-refractivity contribution in [2.45, 2.75) is 64.9 Å². The predicted molar refractivity (Wildman–Crippen MR) is 131 cm³/mol. The molecule has 0 amide bonds. The Bertz CT molecular complexity index is 1390. The minimum atomic E-state index is -1.37. The molecule has 0 unspecified atom stereocenters. The first-order chi connectivity index (χ1) is 19.1. The van der Waals surface area contributed by atoms with E-state index in [2.05, 4.69) is 20.4 Å². The number of aromatic nitrogens is 5. The maximum atomic E-state index is 12.0. The van der Waals surface area contributed by atoms with E-state index in [0.717, 1.165) is 31.0 Å². The molecule has 1 saturated heterocycles. The molecule has 0 aliphatic carbocycles. The molecule has 40 heavy (non-hydrogen) atoms. The Morgan fingerprint density at radius 2 is 1.55 bits per heavy atom. The lowest BCUT2D eigenvalue weighted by atomic mass is 9.97. The molecule has 0 N–H and O–H groups in total. The van der Waals surface area contributed by atoms with Gasteiger partial charge in [-0.1, -0.05) is 18.2 Å². The van der Waals surface area contributed by atoms with Crippen LogP contribution in [0, 0.1) is 0 Å². The summed E-state index contributed by atoms with van der Waals surface area (Å²) < 4.78 is 33.2. The van der Waals surface area contributed by atoms with Crippen LogP contribution in [-0.2, 0) is 49.5 Å². The van der Waals surface area contributed by atoms with Gasteiger partial charge in [0.25, 0.3) is 0 Å². The lowest BCUT2D eigenvalue weighted by Crippen LogP contribution is -2.60. The van der Waals surface area contributed by atoms with E-state index < -0.39 is 54.5 Å². The fourth-order valence-electron chi connectivity index (χ4n) is 4.15. The van der Waals surface area contributed by atoms with Gasteiger partial charge in [-0.3, -0.25) is 24.2 Å². The van der Waals surface area contributed by atoms with E-state index in [1.165, 1.54) is 6.92 Å². The van der Waals surface area contributed by atoms with Crippen LogP contribution in [0.3, 0.4) is 0 Å². The number of esters is 4. The molecule has 2 aromatic heterocycles. The molecular formula is C25H27N5O10. The van der Waals surface area contributed by atoms with Gasteiger partial charge in [0, 0.05) is 39.3 Å². The van der Waals surface area contributed by atoms with E-state index in [1.807, 2.05) is 24.3 Å². The molecule has 1 aromatic carbocycles. The van der Waals surface area contributed by atoms with Crippen molar-refractivity contribution in [2.75, 3.05) is 6.61 Å². The number of carbonyl (C=O) groups is 4. The zero-order valence-electron chi connectivity index (χ0n) is 22.1.